The van der Waals surface area contributed by atoms with Gasteiger partial charge in [-0.2, -0.15) is 0 Å². The number of nitrogens with two attached hydrogens (primary N) is 1. The van der Waals surface area contributed by atoms with Crippen molar-refractivity contribution in [2.75, 3.05) is 7.11 Å². The minimum atomic E-state index is -0.627. The molecule has 1 aliphatic heterocycles. The van der Waals surface area contributed by atoms with E-state index < -0.39 is 5.91 Å². The summed E-state index contributed by atoms with van der Waals surface area (Å²) in [4.78, 5) is 16.3. The number of benzene rings is 1. The smallest absolute Gasteiger partial charge is 0.283 e. The summed E-state index contributed by atoms with van der Waals surface area (Å²) in [6.07, 6.45) is 5.44. The van der Waals surface area contributed by atoms with Gasteiger partial charge in [0.05, 0.1) is 25.3 Å². The number of methoxy groups -OCH3 is 1. The van der Waals surface area contributed by atoms with Crippen LogP contribution in [-0.4, -0.2) is 18.0 Å². The molecule has 1 aliphatic carbocycles. The number of fused-ring (bicyclic) bond motifs is 1. The molecule has 6 nitrogen and oxygen atoms in total. The van der Waals surface area contributed by atoms with E-state index in [1.165, 1.54) is 7.11 Å². The van der Waals surface area contributed by atoms with E-state index in [0.717, 1.165) is 39.3 Å². The SMILES string of the molecule is CO/C(=C/c1c(Cc2nc(-c3ccccc3)oc2C)cc2coccc1-2)C(N)=O. The van der Waals surface area contributed by atoms with Crippen LogP contribution in [0.3, 0.4) is 0 Å². The van der Waals surface area contributed by atoms with Gasteiger partial charge in [0.15, 0.2) is 5.76 Å². The predicted octanol–water partition coefficient (Wildman–Crippen LogP) is 4.41. The molecule has 146 valence electrons. The molecule has 0 spiro atoms. The maximum absolute atomic E-state index is 11.7. The van der Waals surface area contributed by atoms with Gasteiger partial charge in [0.25, 0.3) is 5.91 Å². The fraction of sp³-hybridized carbons (Fsp3) is 0.130. The van der Waals surface area contributed by atoms with Crippen LogP contribution in [0, 0.1) is 6.92 Å². The Morgan fingerprint density at radius 1 is 1.21 bits per heavy atom. The standard InChI is InChI=1S/C23H20N2O4/c1-14-20(25-23(29-14)15-6-4-3-5-7-15)11-16-10-17-13-28-9-8-18(17)19(16)12-21(27-2)22(24)26/h3-10,12-13H,11H2,1-2H3,(H2,24,26)/b21-12+. The monoisotopic (exact) mass is 388 g/mol. The molecule has 1 aromatic heterocycles. The van der Waals surface area contributed by atoms with E-state index in [-0.39, 0.29) is 5.76 Å². The Hall–Kier alpha value is -3.80. The Morgan fingerprint density at radius 2 is 2.00 bits per heavy atom. The average Bonchev–Trinajstić information content (AvgIpc) is 3.27. The van der Waals surface area contributed by atoms with Gasteiger partial charge < -0.3 is 19.3 Å². The molecule has 2 aromatic rings. The third kappa shape index (κ3) is 3.65. The summed E-state index contributed by atoms with van der Waals surface area (Å²) in [7, 11) is 1.42. The highest BCUT2D eigenvalue weighted by molar-refractivity contribution is 5.96. The topological polar surface area (TPSA) is 91.5 Å². The van der Waals surface area contributed by atoms with Crippen LogP contribution in [0.4, 0.5) is 0 Å². The highest BCUT2D eigenvalue weighted by Crippen LogP contribution is 2.35. The molecule has 2 N–H and O–H groups in total. The van der Waals surface area contributed by atoms with Crippen molar-refractivity contribution in [2.24, 2.45) is 5.73 Å². The number of amides is 1. The minimum absolute atomic E-state index is 0.0846. The second kappa shape index (κ2) is 7.67. The van der Waals surface area contributed by atoms with Crippen LogP contribution >= 0.6 is 0 Å². The van der Waals surface area contributed by atoms with Crippen LogP contribution in [0.5, 0.6) is 0 Å². The second-order valence-corrected chi connectivity index (χ2v) is 6.65. The lowest BCUT2D eigenvalue weighted by Crippen LogP contribution is -2.15. The summed E-state index contributed by atoms with van der Waals surface area (Å²) in [5.41, 5.74) is 10.8. The summed E-state index contributed by atoms with van der Waals surface area (Å²) in [6.45, 7) is 1.90. The lowest BCUT2D eigenvalue weighted by atomic mass is 10.0. The lowest BCUT2D eigenvalue weighted by molar-refractivity contribution is -0.117. The molecule has 0 fully saturated rings. The van der Waals surface area contributed by atoms with Gasteiger partial charge in [0.2, 0.25) is 5.89 Å². The molecule has 0 bridgehead atoms. The van der Waals surface area contributed by atoms with Crippen molar-refractivity contribution in [1.29, 1.82) is 0 Å². The maximum atomic E-state index is 11.7. The zero-order chi connectivity index (χ0) is 20.4. The lowest BCUT2D eigenvalue weighted by Gasteiger charge is -2.05. The molecule has 0 saturated heterocycles. The molecule has 0 radical (unpaired) electrons. The molecule has 0 unspecified atom stereocenters. The van der Waals surface area contributed by atoms with Crippen LogP contribution in [0.1, 0.15) is 22.6 Å². The van der Waals surface area contributed by atoms with Gasteiger partial charge in [-0.3, -0.25) is 4.79 Å². The van der Waals surface area contributed by atoms with Crippen molar-refractivity contribution >= 4 is 12.0 Å². The van der Waals surface area contributed by atoms with Gasteiger partial charge >= 0.3 is 0 Å². The number of primary amides is 1. The molecule has 2 aliphatic rings. The zero-order valence-electron chi connectivity index (χ0n) is 16.1. The van der Waals surface area contributed by atoms with Crippen molar-refractivity contribution < 1.29 is 18.4 Å². The first-order valence-electron chi connectivity index (χ1n) is 9.12. The van der Waals surface area contributed by atoms with Crippen LogP contribution in [0.15, 0.2) is 69.6 Å². The first-order chi connectivity index (χ1) is 14.1. The van der Waals surface area contributed by atoms with Crippen molar-refractivity contribution in [3.8, 4) is 22.6 Å². The first-order valence-corrected chi connectivity index (χ1v) is 9.12. The van der Waals surface area contributed by atoms with Crippen molar-refractivity contribution in [1.82, 2.24) is 4.98 Å². The highest BCUT2D eigenvalue weighted by Gasteiger charge is 2.20. The number of aromatic nitrogens is 1. The molecule has 1 amide bonds. The molecule has 2 heterocycles. The molecular formula is C23H20N2O4. The number of rotatable bonds is 6. The first kappa shape index (κ1) is 18.6. The number of ether oxygens (including phenoxy) is 1. The molecule has 1 aromatic carbocycles. The van der Waals surface area contributed by atoms with E-state index in [1.54, 1.807) is 18.6 Å². The number of hydrogen-bond acceptors (Lipinski definition) is 5. The van der Waals surface area contributed by atoms with Crippen molar-refractivity contribution in [3.63, 3.8) is 0 Å². The minimum Gasteiger partial charge on any atom is -0.491 e. The summed E-state index contributed by atoms with van der Waals surface area (Å²) < 4.78 is 16.3. The largest absolute Gasteiger partial charge is 0.491 e. The Labute approximate surface area is 168 Å². The van der Waals surface area contributed by atoms with E-state index in [4.69, 9.17) is 19.3 Å². The molecule has 6 heteroatoms. The van der Waals surface area contributed by atoms with Crippen LogP contribution in [0.25, 0.3) is 28.7 Å². The number of aryl methyl sites for hydroxylation is 1. The fourth-order valence-corrected chi connectivity index (χ4v) is 3.33. The Balaban J connectivity index is 1.77. The van der Waals surface area contributed by atoms with Gasteiger partial charge in [-0.15, -0.1) is 0 Å². The van der Waals surface area contributed by atoms with Crippen LogP contribution in [-0.2, 0) is 16.0 Å². The molecule has 0 saturated carbocycles. The maximum Gasteiger partial charge on any atom is 0.283 e. The van der Waals surface area contributed by atoms with E-state index in [0.29, 0.717) is 12.3 Å². The molecular weight excluding hydrogens is 368 g/mol. The zero-order valence-corrected chi connectivity index (χ0v) is 16.1. The Morgan fingerprint density at radius 3 is 2.72 bits per heavy atom. The van der Waals surface area contributed by atoms with E-state index in [9.17, 15) is 4.79 Å². The Kier molecular flexibility index (Phi) is 4.91. The molecule has 29 heavy (non-hydrogen) atoms. The van der Waals surface area contributed by atoms with Gasteiger partial charge in [-0.1, -0.05) is 18.2 Å². The van der Waals surface area contributed by atoms with E-state index in [1.807, 2.05) is 49.4 Å². The summed E-state index contributed by atoms with van der Waals surface area (Å²) in [6, 6.07) is 13.6. The normalized spacial score (nSPS) is 11.7. The summed E-state index contributed by atoms with van der Waals surface area (Å²) in [5, 5.41) is 0. The number of carbonyl (C=O) groups excluding carboxylic acids is 1. The summed E-state index contributed by atoms with van der Waals surface area (Å²) >= 11 is 0. The van der Waals surface area contributed by atoms with Gasteiger partial charge in [-0.05, 0) is 54.0 Å². The Bertz CT molecular complexity index is 1150. The van der Waals surface area contributed by atoms with Crippen molar-refractivity contribution in [2.45, 2.75) is 13.3 Å². The number of oxazole rings is 1. The van der Waals surface area contributed by atoms with Crippen LogP contribution in [0.2, 0.25) is 0 Å². The second-order valence-electron chi connectivity index (χ2n) is 6.65. The number of carbonyl (C=O) groups is 1. The van der Waals surface area contributed by atoms with Gasteiger partial charge in [0, 0.05) is 17.5 Å². The highest BCUT2D eigenvalue weighted by atomic mass is 16.5. The third-order valence-corrected chi connectivity index (χ3v) is 4.79. The predicted molar refractivity (Wildman–Crippen MR) is 109 cm³/mol. The fourth-order valence-electron chi connectivity index (χ4n) is 3.33. The van der Waals surface area contributed by atoms with E-state index in [2.05, 4.69) is 4.98 Å². The average molecular weight is 388 g/mol. The molecule has 0 atom stereocenters. The van der Waals surface area contributed by atoms with Gasteiger partial charge in [-0.25, -0.2) is 4.98 Å². The quantitative estimate of drug-likeness (QED) is 0.390. The number of nitrogens with zero attached hydrogens (tertiary/aromatic N) is 1. The van der Waals surface area contributed by atoms with Crippen LogP contribution < -0.4 is 5.73 Å². The summed E-state index contributed by atoms with van der Waals surface area (Å²) in [5.74, 6) is 0.783. The number of hydrogen-bond donors (Lipinski definition) is 1. The van der Waals surface area contributed by atoms with Crippen molar-refractivity contribution in [3.05, 3.63) is 83.3 Å². The van der Waals surface area contributed by atoms with E-state index >= 15 is 0 Å². The molecule has 4 rings (SSSR count). The third-order valence-electron chi connectivity index (χ3n) is 4.79. The van der Waals surface area contributed by atoms with Gasteiger partial charge in [0.1, 0.15) is 5.76 Å².